The Bertz CT molecular complexity index is 391. The lowest BCUT2D eigenvalue weighted by Crippen LogP contribution is -1.98. The largest absolute Gasteiger partial charge is 0.236 e. The fraction of sp³-hybridized carbons (Fsp3) is 0. The van der Waals surface area contributed by atoms with Crippen LogP contribution in [0, 0.1) is 11.9 Å². The zero-order valence-electron chi connectivity index (χ0n) is 6.54. The quantitative estimate of drug-likeness (QED) is 0.684. The summed E-state index contributed by atoms with van der Waals surface area (Å²) in [6.07, 6.45) is 3.19. The maximum absolute atomic E-state index is 13.2. The maximum Gasteiger partial charge on any atom is 0.151 e. The molecule has 2 aromatic rings. The summed E-state index contributed by atoms with van der Waals surface area (Å²) >= 11 is 5.79. The number of hydrogen-bond donors (Lipinski definition) is 0. The molecule has 13 heavy (non-hydrogen) atoms. The van der Waals surface area contributed by atoms with Crippen LogP contribution in [0.4, 0.5) is 4.39 Å². The van der Waals surface area contributed by atoms with Crippen molar-refractivity contribution in [1.29, 1.82) is 0 Å². The van der Waals surface area contributed by atoms with Crippen LogP contribution in [-0.4, -0.2) is 9.78 Å². The summed E-state index contributed by atoms with van der Waals surface area (Å²) in [5.74, 6) is -0.434. The van der Waals surface area contributed by atoms with Crippen molar-refractivity contribution in [2.75, 3.05) is 0 Å². The van der Waals surface area contributed by atoms with E-state index in [2.05, 4.69) is 11.2 Å². The summed E-state index contributed by atoms with van der Waals surface area (Å²) in [4.78, 5) is 0. The molecule has 0 aliphatic heterocycles. The normalized spacial score (nSPS) is 10.3. The van der Waals surface area contributed by atoms with Crippen LogP contribution < -0.4 is 0 Å². The van der Waals surface area contributed by atoms with Gasteiger partial charge >= 0.3 is 0 Å². The van der Waals surface area contributed by atoms with Crippen LogP contribution in [0.5, 0.6) is 0 Å². The Kier molecular flexibility index (Phi) is 2.02. The zero-order chi connectivity index (χ0) is 9.26. The van der Waals surface area contributed by atoms with Gasteiger partial charge in [-0.3, -0.25) is 0 Å². The Labute approximate surface area is 79.6 Å². The third-order valence-corrected chi connectivity index (χ3v) is 1.89. The molecule has 0 aliphatic rings. The van der Waals surface area contributed by atoms with Crippen LogP contribution in [0.25, 0.3) is 5.69 Å². The van der Waals surface area contributed by atoms with Crippen molar-refractivity contribution in [2.24, 2.45) is 0 Å². The van der Waals surface area contributed by atoms with Gasteiger partial charge in [0, 0.05) is 12.4 Å². The standard InChI is InChI=1S/C9H5ClFN2/c10-7-3-1-4-8(11)9(7)13-6-2-5-12-13/h2-6H. The summed E-state index contributed by atoms with van der Waals surface area (Å²) in [6, 6.07) is 7.01. The molecule has 0 N–H and O–H groups in total. The van der Waals surface area contributed by atoms with Crippen LogP contribution in [0.1, 0.15) is 0 Å². The Morgan fingerprint density at radius 2 is 2.31 bits per heavy atom. The van der Waals surface area contributed by atoms with Gasteiger partial charge in [0.15, 0.2) is 5.82 Å². The van der Waals surface area contributed by atoms with E-state index in [4.69, 9.17) is 11.6 Å². The molecular weight excluding hydrogens is 191 g/mol. The van der Waals surface area contributed by atoms with Gasteiger partial charge in [-0.1, -0.05) is 11.6 Å². The number of aromatic nitrogens is 2. The van der Waals surface area contributed by atoms with Gasteiger partial charge in [0.2, 0.25) is 0 Å². The van der Waals surface area contributed by atoms with Crippen molar-refractivity contribution < 1.29 is 4.39 Å². The van der Waals surface area contributed by atoms with Crippen molar-refractivity contribution >= 4 is 11.6 Å². The first-order valence-corrected chi connectivity index (χ1v) is 4.02. The van der Waals surface area contributed by atoms with E-state index in [1.165, 1.54) is 16.8 Å². The average Bonchev–Trinajstić information content (AvgIpc) is 2.57. The summed E-state index contributed by atoms with van der Waals surface area (Å²) < 4.78 is 14.6. The van der Waals surface area contributed by atoms with E-state index in [0.717, 1.165) is 0 Å². The highest BCUT2D eigenvalue weighted by atomic mass is 35.5. The molecule has 0 saturated carbocycles. The van der Waals surface area contributed by atoms with Crippen LogP contribution in [0.2, 0.25) is 5.02 Å². The third kappa shape index (κ3) is 1.42. The van der Waals surface area contributed by atoms with Crippen LogP contribution >= 0.6 is 11.6 Å². The topological polar surface area (TPSA) is 17.8 Å². The second kappa shape index (κ2) is 3.18. The van der Waals surface area contributed by atoms with Gasteiger partial charge < -0.3 is 0 Å². The Morgan fingerprint density at radius 3 is 2.92 bits per heavy atom. The van der Waals surface area contributed by atoms with E-state index < -0.39 is 5.82 Å². The highest BCUT2D eigenvalue weighted by molar-refractivity contribution is 6.32. The minimum Gasteiger partial charge on any atom is -0.236 e. The van der Waals surface area contributed by atoms with Crippen molar-refractivity contribution in [3.05, 3.63) is 47.5 Å². The van der Waals surface area contributed by atoms with Crippen LogP contribution in [-0.2, 0) is 0 Å². The van der Waals surface area contributed by atoms with Gasteiger partial charge in [-0.25, -0.2) is 9.07 Å². The van der Waals surface area contributed by atoms with Crippen LogP contribution in [0.15, 0.2) is 30.6 Å². The Morgan fingerprint density at radius 1 is 1.46 bits per heavy atom. The molecule has 0 bridgehead atoms. The Balaban J connectivity index is 2.64. The van der Waals surface area contributed by atoms with E-state index >= 15 is 0 Å². The fourth-order valence-electron chi connectivity index (χ4n) is 1.06. The SMILES string of the molecule is Fc1c[c]cc(Cl)c1-n1cccn1. The van der Waals surface area contributed by atoms with Gasteiger partial charge in [0.05, 0.1) is 5.02 Å². The van der Waals surface area contributed by atoms with E-state index in [1.54, 1.807) is 18.5 Å². The predicted molar refractivity (Wildman–Crippen MR) is 47.4 cm³/mol. The molecule has 2 nitrogen and oxygen atoms in total. The number of rotatable bonds is 1. The van der Waals surface area contributed by atoms with E-state index in [-0.39, 0.29) is 5.69 Å². The first kappa shape index (κ1) is 8.26. The molecule has 0 unspecified atom stereocenters. The van der Waals surface area contributed by atoms with Crippen molar-refractivity contribution in [1.82, 2.24) is 9.78 Å². The molecule has 1 radical (unpaired) electrons. The molecule has 1 aromatic heterocycles. The lowest BCUT2D eigenvalue weighted by molar-refractivity contribution is 0.610. The molecule has 1 aromatic carbocycles. The number of nitrogens with zero attached hydrogens (tertiary/aromatic N) is 2. The van der Waals surface area contributed by atoms with Gasteiger partial charge in [-0.15, -0.1) is 0 Å². The summed E-state index contributed by atoms with van der Waals surface area (Å²) in [5, 5.41) is 4.18. The molecule has 0 fully saturated rings. The van der Waals surface area contributed by atoms with Gasteiger partial charge in [0.1, 0.15) is 5.69 Å². The molecule has 0 aliphatic carbocycles. The minimum absolute atomic E-state index is 0.255. The maximum atomic E-state index is 13.2. The van der Waals surface area contributed by atoms with Crippen LogP contribution in [0.3, 0.4) is 0 Å². The third-order valence-electron chi connectivity index (χ3n) is 1.61. The highest BCUT2D eigenvalue weighted by Crippen LogP contribution is 2.21. The lowest BCUT2D eigenvalue weighted by atomic mass is 10.3. The molecule has 0 saturated heterocycles. The summed E-state index contributed by atoms with van der Waals surface area (Å²) in [7, 11) is 0. The lowest BCUT2D eigenvalue weighted by Gasteiger charge is -2.04. The fourth-order valence-corrected chi connectivity index (χ4v) is 1.30. The first-order chi connectivity index (χ1) is 6.29. The van der Waals surface area contributed by atoms with E-state index in [0.29, 0.717) is 5.02 Å². The Hall–Kier alpha value is -1.35. The predicted octanol–water partition coefficient (Wildman–Crippen LogP) is 2.46. The number of halogens is 2. The summed E-state index contributed by atoms with van der Waals surface area (Å²) in [6.45, 7) is 0. The minimum atomic E-state index is -0.434. The van der Waals surface area contributed by atoms with E-state index in [1.807, 2.05) is 0 Å². The molecule has 0 spiro atoms. The number of hydrogen-bond acceptors (Lipinski definition) is 1. The molecule has 0 amide bonds. The molecule has 0 atom stereocenters. The summed E-state index contributed by atoms with van der Waals surface area (Å²) in [5.41, 5.74) is 0.255. The molecule has 65 valence electrons. The van der Waals surface area contributed by atoms with Gasteiger partial charge in [0.25, 0.3) is 0 Å². The average molecular weight is 196 g/mol. The molecule has 1 heterocycles. The van der Waals surface area contributed by atoms with E-state index in [9.17, 15) is 4.39 Å². The second-order valence-electron chi connectivity index (χ2n) is 2.45. The smallest absolute Gasteiger partial charge is 0.151 e. The molecular formula is C9H5ClFN2. The monoisotopic (exact) mass is 195 g/mol. The second-order valence-corrected chi connectivity index (χ2v) is 2.86. The first-order valence-electron chi connectivity index (χ1n) is 3.64. The van der Waals surface area contributed by atoms with Gasteiger partial charge in [-0.2, -0.15) is 5.10 Å². The number of benzene rings is 1. The van der Waals surface area contributed by atoms with Crippen molar-refractivity contribution in [2.45, 2.75) is 0 Å². The zero-order valence-corrected chi connectivity index (χ0v) is 7.29. The van der Waals surface area contributed by atoms with Crippen molar-refractivity contribution in [3.63, 3.8) is 0 Å². The van der Waals surface area contributed by atoms with Gasteiger partial charge in [-0.05, 0) is 24.3 Å². The van der Waals surface area contributed by atoms with Crippen molar-refractivity contribution in [3.8, 4) is 5.69 Å². The molecule has 4 heteroatoms. The molecule has 2 rings (SSSR count). The highest BCUT2D eigenvalue weighted by Gasteiger charge is 2.08.